The van der Waals surface area contributed by atoms with Gasteiger partial charge in [0.1, 0.15) is 6.54 Å². The molecular weight excluding hydrogens is 264 g/mol. The number of carbonyl (C=O) groups excluding carboxylic acids is 1. The Morgan fingerprint density at radius 2 is 2.11 bits per heavy atom. The van der Waals surface area contributed by atoms with Crippen LogP contribution < -0.4 is 0 Å². The summed E-state index contributed by atoms with van der Waals surface area (Å²) in [4.78, 5) is 33.1. The SMILES string of the molecule is CN(CC(=O)O)C(=O)c1cc([N+](=O)[O-])ccc1Cl. The van der Waals surface area contributed by atoms with Crippen LogP contribution in [-0.4, -0.2) is 40.4 Å². The van der Waals surface area contributed by atoms with Crippen LogP contribution in [0.1, 0.15) is 10.4 Å². The first kappa shape index (κ1) is 13.9. The van der Waals surface area contributed by atoms with Crippen LogP contribution in [0.2, 0.25) is 5.02 Å². The summed E-state index contributed by atoms with van der Waals surface area (Å²) < 4.78 is 0. The summed E-state index contributed by atoms with van der Waals surface area (Å²) in [7, 11) is 1.27. The molecule has 0 bridgehead atoms. The van der Waals surface area contributed by atoms with Crippen molar-refractivity contribution in [3.05, 3.63) is 38.9 Å². The molecule has 0 aliphatic rings. The van der Waals surface area contributed by atoms with Crippen molar-refractivity contribution in [1.29, 1.82) is 0 Å². The van der Waals surface area contributed by atoms with Crippen LogP contribution in [0.4, 0.5) is 5.69 Å². The molecule has 1 aromatic carbocycles. The number of hydrogen-bond acceptors (Lipinski definition) is 4. The Morgan fingerprint density at radius 1 is 1.50 bits per heavy atom. The van der Waals surface area contributed by atoms with Gasteiger partial charge in [0.05, 0.1) is 15.5 Å². The molecular formula is C10H9ClN2O5. The minimum atomic E-state index is -1.19. The molecule has 1 aromatic rings. The van der Waals surface area contributed by atoms with Crippen LogP contribution in [0, 0.1) is 10.1 Å². The van der Waals surface area contributed by atoms with Crippen molar-refractivity contribution in [3.8, 4) is 0 Å². The number of likely N-dealkylation sites (N-methyl/N-ethyl adjacent to an activating group) is 1. The highest BCUT2D eigenvalue weighted by Crippen LogP contribution is 2.23. The average molecular weight is 273 g/mol. The van der Waals surface area contributed by atoms with E-state index in [0.717, 1.165) is 17.0 Å². The van der Waals surface area contributed by atoms with E-state index in [1.807, 2.05) is 0 Å². The summed E-state index contributed by atoms with van der Waals surface area (Å²) in [6, 6.07) is 3.40. The van der Waals surface area contributed by atoms with E-state index in [4.69, 9.17) is 16.7 Å². The monoisotopic (exact) mass is 272 g/mol. The van der Waals surface area contributed by atoms with E-state index in [1.54, 1.807) is 0 Å². The van der Waals surface area contributed by atoms with Gasteiger partial charge in [0.2, 0.25) is 0 Å². The van der Waals surface area contributed by atoms with Gasteiger partial charge in [0.25, 0.3) is 11.6 Å². The molecule has 0 saturated carbocycles. The minimum Gasteiger partial charge on any atom is -0.480 e. The Morgan fingerprint density at radius 3 is 2.61 bits per heavy atom. The zero-order chi connectivity index (χ0) is 13.9. The van der Waals surface area contributed by atoms with Crippen molar-refractivity contribution in [3.63, 3.8) is 0 Å². The van der Waals surface area contributed by atoms with Crippen LogP contribution in [0.25, 0.3) is 0 Å². The molecule has 0 atom stereocenters. The molecule has 0 fully saturated rings. The number of halogens is 1. The first-order chi connectivity index (χ1) is 8.32. The van der Waals surface area contributed by atoms with Gasteiger partial charge in [-0.15, -0.1) is 0 Å². The molecule has 96 valence electrons. The van der Waals surface area contributed by atoms with Crippen LogP contribution in [0.15, 0.2) is 18.2 Å². The summed E-state index contributed by atoms with van der Waals surface area (Å²) in [6.45, 7) is -0.516. The number of non-ortho nitro benzene ring substituents is 1. The van der Waals surface area contributed by atoms with Gasteiger partial charge in [0, 0.05) is 19.2 Å². The largest absolute Gasteiger partial charge is 0.480 e. The highest BCUT2D eigenvalue weighted by atomic mass is 35.5. The highest BCUT2D eigenvalue weighted by molar-refractivity contribution is 6.34. The van der Waals surface area contributed by atoms with Gasteiger partial charge in [-0.25, -0.2) is 0 Å². The number of nitro benzene ring substituents is 1. The lowest BCUT2D eigenvalue weighted by molar-refractivity contribution is -0.384. The number of carbonyl (C=O) groups is 2. The number of carboxylic acids is 1. The standard InChI is InChI=1S/C10H9ClN2O5/c1-12(5-9(14)15)10(16)7-4-6(13(17)18)2-3-8(7)11/h2-4H,5H2,1H3,(H,14,15). The second-order valence-corrected chi connectivity index (χ2v) is 3.88. The Kier molecular flexibility index (Phi) is 4.22. The zero-order valence-electron chi connectivity index (χ0n) is 9.29. The Labute approximate surface area is 107 Å². The second-order valence-electron chi connectivity index (χ2n) is 3.48. The van der Waals surface area contributed by atoms with Gasteiger partial charge in [-0.05, 0) is 6.07 Å². The van der Waals surface area contributed by atoms with E-state index in [0.29, 0.717) is 0 Å². The summed E-state index contributed by atoms with van der Waals surface area (Å²) in [5.74, 6) is -1.88. The van der Waals surface area contributed by atoms with Gasteiger partial charge in [-0.3, -0.25) is 19.7 Å². The molecule has 0 unspecified atom stereocenters. The van der Waals surface area contributed by atoms with E-state index in [9.17, 15) is 19.7 Å². The Balaban J connectivity index is 3.08. The maximum atomic E-state index is 11.8. The third-order valence-corrected chi connectivity index (χ3v) is 2.44. The molecule has 0 spiro atoms. The van der Waals surface area contributed by atoms with Crippen molar-refractivity contribution in [2.24, 2.45) is 0 Å². The second kappa shape index (κ2) is 5.46. The molecule has 1 N–H and O–H groups in total. The summed E-state index contributed by atoms with van der Waals surface area (Å²) in [5, 5.41) is 19.2. The van der Waals surface area contributed by atoms with Crippen LogP contribution in [0.5, 0.6) is 0 Å². The van der Waals surface area contributed by atoms with Gasteiger partial charge in [0.15, 0.2) is 0 Å². The van der Waals surface area contributed by atoms with Crippen molar-refractivity contribution in [1.82, 2.24) is 4.90 Å². The molecule has 8 heteroatoms. The van der Waals surface area contributed by atoms with Crippen LogP contribution >= 0.6 is 11.6 Å². The summed E-state index contributed by atoms with van der Waals surface area (Å²) in [6.07, 6.45) is 0. The molecule has 0 aliphatic heterocycles. The number of carboxylic acid groups (broad SMARTS) is 1. The third-order valence-electron chi connectivity index (χ3n) is 2.11. The number of benzene rings is 1. The molecule has 0 saturated heterocycles. The quantitative estimate of drug-likeness (QED) is 0.659. The van der Waals surface area contributed by atoms with Crippen molar-refractivity contribution < 1.29 is 19.6 Å². The summed E-state index contributed by atoms with van der Waals surface area (Å²) >= 11 is 5.76. The highest BCUT2D eigenvalue weighted by Gasteiger charge is 2.20. The number of nitro groups is 1. The normalized spacial score (nSPS) is 9.89. The molecule has 0 aliphatic carbocycles. The molecule has 1 rings (SSSR count). The van der Waals surface area contributed by atoms with Gasteiger partial charge >= 0.3 is 5.97 Å². The lowest BCUT2D eigenvalue weighted by Crippen LogP contribution is -2.32. The fraction of sp³-hybridized carbons (Fsp3) is 0.200. The molecule has 0 heterocycles. The van der Waals surface area contributed by atoms with E-state index in [2.05, 4.69) is 0 Å². The van der Waals surface area contributed by atoms with Gasteiger partial charge < -0.3 is 10.0 Å². The molecule has 0 aromatic heterocycles. The number of aliphatic carboxylic acids is 1. The average Bonchev–Trinajstić information content (AvgIpc) is 2.27. The fourth-order valence-corrected chi connectivity index (χ4v) is 1.47. The first-order valence-electron chi connectivity index (χ1n) is 4.74. The number of nitrogens with zero attached hydrogens (tertiary/aromatic N) is 2. The molecule has 18 heavy (non-hydrogen) atoms. The maximum absolute atomic E-state index is 11.8. The van der Waals surface area contributed by atoms with Crippen LogP contribution in [-0.2, 0) is 4.79 Å². The van der Waals surface area contributed by atoms with Crippen molar-refractivity contribution >= 4 is 29.2 Å². The molecule has 0 radical (unpaired) electrons. The van der Waals surface area contributed by atoms with Crippen molar-refractivity contribution in [2.75, 3.05) is 13.6 Å². The summed E-state index contributed by atoms with van der Waals surface area (Å²) in [5.41, 5.74) is -0.388. The molecule has 1 amide bonds. The van der Waals surface area contributed by atoms with Gasteiger partial charge in [-0.2, -0.15) is 0 Å². The number of rotatable bonds is 4. The zero-order valence-corrected chi connectivity index (χ0v) is 10.0. The van der Waals surface area contributed by atoms with Crippen molar-refractivity contribution in [2.45, 2.75) is 0 Å². The first-order valence-corrected chi connectivity index (χ1v) is 5.12. The van der Waals surface area contributed by atoms with Gasteiger partial charge in [-0.1, -0.05) is 11.6 Å². The maximum Gasteiger partial charge on any atom is 0.323 e. The minimum absolute atomic E-state index is 0.0304. The van der Waals surface area contributed by atoms with E-state index >= 15 is 0 Å². The third kappa shape index (κ3) is 3.17. The predicted molar refractivity (Wildman–Crippen MR) is 62.7 cm³/mol. The fourth-order valence-electron chi connectivity index (χ4n) is 1.27. The predicted octanol–water partition coefficient (Wildman–Crippen LogP) is 1.40. The Bertz CT molecular complexity index is 517. The molecule has 7 nitrogen and oxygen atoms in total. The number of hydrogen-bond donors (Lipinski definition) is 1. The van der Waals surface area contributed by atoms with Crippen LogP contribution in [0.3, 0.4) is 0 Å². The lowest BCUT2D eigenvalue weighted by Gasteiger charge is -2.15. The van der Waals surface area contributed by atoms with E-state index < -0.39 is 23.3 Å². The number of amides is 1. The smallest absolute Gasteiger partial charge is 0.323 e. The van der Waals surface area contributed by atoms with E-state index in [1.165, 1.54) is 13.1 Å². The topological polar surface area (TPSA) is 101 Å². The lowest BCUT2D eigenvalue weighted by atomic mass is 10.2. The Hall–Kier alpha value is -2.15. The van der Waals surface area contributed by atoms with E-state index in [-0.39, 0.29) is 16.3 Å².